The van der Waals surface area contributed by atoms with Gasteiger partial charge in [0.1, 0.15) is 12.1 Å². The van der Waals surface area contributed by atoms with Gasteiger partial charge in [-0.1, -0.05) is 6.07 Å². The van der Waals surface area contributed by atoms with Crippen LogP contribution in [0.1, 0.15) is 17.3 Å². The van der Waals surface area contributed by atoms with E-state index >= 15 is 0 Å². The molecule has 0 saturated carbocycles. The number of ketones is 1. The first-order chi connectivity index (χ1) is 14.7. The van der Waals surface area contributed by atoms with E-state index in [9.17, 15) is 4.79 Å². The summed E-state index contributed by atoms with van der Waals surface area (Å²) in [5, 5.41) is 7.97. The van der Waals surface area contributed by atoms with Crippen LogP contribution in [0, 0.1) is 0 Å². The van der Waals surface area contributed by atoms with Crippen LogP contribution in [0.2, 0.25) is 0 Å². The van der Waals surface area contributed by atoms with Gasteiger partial charge in [-0.15, -0.1) is 0 Å². The van der Waals surface area contributed by atoms with Gasteiger partial charge in [-0.25, -0.2) is 9.97 Å². The number of hydrogen-bond acceptors (Lipinski definition) is 6. The standard InChI is InChI=1S/C23H22N6O/c1-16(30)17-2-5-20(6-3-17)28-8-10-29(11-9-28)23-21-12-18(19-13-26-27-14-19)4-7-22(21)24-15-25-23/h2-7,12-15H,8-11H2,1H3,(H,26,27). The van der Waals surface area contributed by atoms with Gasteiger partial charge >= 0.3 is 0 Å². The molecule has 150 valence electrons. The zero-order valence-electron chi connectivity index (χ0n) is 16.7. The zero-order valence-corrected chi connectivity index (χ0v) is 16.7. The van der Waals surface area contributed by atoms with Crippen LogP contribution >= 0.6 is 0 Å². The SMILES string of the molecule is CC(=O)c1ccc(N2CCN(c3ncnc4ccc(-c5cn[nH]c5)cc34)CC2)cc1. The number of hydrogen-bond donors (Lipinski definition) is 1. The second-order valence-electron chi connectivity index (χ2n) is 7.49. The van der Waals surface area contributed by atoms with Gasteiger partial charge in [-0.3, -0.25) is 9.89 Å². The average molecular weight is 398 g/mol. The van der Waals surface area contributed by atoms with Crippen LogP contribution in [-0.2, 0) is 0 Å². The molecule has 3 heterocycles. The van der Waals surface area contributed by atoms with Gasteiger partial charge in [-0.05, 0) is 48.9 Å². The number of rotatable bonds is 4. The molecule has 1 N–H and O–H groups in total. The molecule has 7 nitrogen and oxygen atoms in total. The highest BCUT2D eigenvalue weighted by Gasteiger charge is 2.20. The number of fused-ring (bicyclic) bond motifs is 1. The lowest BCUT2D eigenvalue weighted by molar-refractivity contribution is 0.101. The van der Waals surface area contributed by atoms with E-state index in [1.54, 1.807) is 13.3 Å². The summed E-state index contributed by atoms with van der Waals surface area (Å²) < 4.78 is 0. The number of piperazine rings is 1. The molecule has 2 aromatic carbocycles. The van der Waals surface area contributed by atoms with E-state index < -0.39 is 0 Å². The third-order valence-corrected chi connectivity index (χ3v) is 5.66. The number of anilines is 2. The van der Waals surface area contributed by atoms with Crippen LogP contribution in [0.15, 0.2) is 61.2 Å². The number of benzene rings is 2. The fraction of sp³-hybridized carbons (Fsp3) is 0.217. The fourth-order valence-electron chi connectivity index (χ4n) is 3.97. The van der Waals surface area contributed by atoms with Crippen LogP contribution in [0.25, 0.3) is 22.0 Å². The van der Waals surface area contributed by atoms with Crippen molar-refractivity contribution < 1.29 is 4.79 Å². The largest absolute Gasteiger partial charge is 0.368 e. The van der Waals surface area contributed by atoms with Crippen molar-refractivity contribution in [1.29, 1.82) is 0 Å². The smallest absolute Gasteiger partial charge is 0.159 e. The molecule has 4 aromatic rings. The van der Waals surface area contributed by atoms with E-state index in [1.165, 1.54) is 0 Å². The van der Waals surface area contributed by atoms with Crippen molar-refractivity contribution in [2.24, 2.45) is 0 Å². The Balaban J connectivity index is 1.38. The molecule has 0 aliphatic carbocycles. The molecule has 0 spiro atoms. The third-order valence-electron chi connectivity index (χ3n) is 5.66. The maximum absolute atomic E-state index is 11.5. The minimum absolute atomic E-state index is 0.0943. The lowest BCUT2D eigenvalue weighted by atomic mass is 10.1. The Morgan fingerprint density at radius 1 is 0.933 bits per heavy atom. The lowest BCUT2D eigenvalue weighted by Gasteiger charge is -2.37. The van der Waals surface area contributed by atoms with E-state index in [4.69, 9.17) is 0 Å². The van der Waals surface area contributed by atoms with Gasteiger partial charge in [-0.2, -0.15) is 5.10 Å². The molecule has 0 unspecified atom stereocenters. The van der Waals surface area contributed by atoms with Crippen molar-refractivity contribution in [3.8, 4) is 11.1 Å². The van der Waals surface area contributed by atoms with Crippen molar-refractivity contribution in [3.05, 3.63) is 66.7 Å². The summed E-state index contributed by atoms with van der Waals surface area (Å²) in [5.74, 6) is 1.06. The maximum atomic E-state index is 11.5. The van der Waals surface area contributed by atoms with Crippen molar-refractivity contribution in [2.75, 3.05) is 36.0 Å². The second-order valence-corrected chi connectivity index (χ2v) is 7.49. The van der Waals surface area contributed by atoms with Crippen molar-refractivity contribution in [3.63, 3.8) is 0 Å². The number of H-pyrrole nitrogens is 1. The Morgan fingerprint density at radius 3 is 2.40 bits per heavy atom. The predicted molar refractivity (Wildman–Crippen MR) is 118 cm³/mol. The Hall–Kier alpha value is -3.74. The van der Waals surface area contributed by atoms with E-state index in [2.05, 4.69) is 42.1 Å². The summed E-state index contributed by atoms with van der Waals surface area (Å²) in [5.41, 5.74) is 4.98. The van der Waals surface area contributed by atoms with Gasteiger partial charge in [0.25, 0.3) is 0 Å². The molecule has 0 amide bonds. The summed E-state index contributed by atoms with van der Waals surface area (Å²) in [6.07, 6.45) is 5.35. The second kappa shape index (κ2) is 7.59. The molecule has 5 rings (SSSR count). The number of carbonyl (C=O) groups excluding carboxylic acids is 1. The van der Waals surface area contributed by atoms with E-state index in [1.807, 2.05) is 42.7 Å². The highest BCUT2D eigenvalue weighted by Crippen LogP contribution is 2.29. The summed E-state index contributed by atoms with van der Waals surface area (Å²) in [7, 11) is 0. The Labute approximate surface area is 174 Å². The average Bonchev–Trinajstić information content (AvgIpc) is 3.34. The van der Waals surface area contributed by atoms with Gasteiger partial charge in [0.15, 0.2) is 5.78 Å². The number of carbonyl (C=O) groups is 1. The molecule has 30 heavy (non-hydrogen) atoms. The maximum Gasteiger partial charge on any atom is 0.159 e. The molecule has 1 aliphatic heterocycles. The van der Waals surface area contributed by atoms with Crippen LogP contribution in [0.4, 0.5) is 11.5 Å². The number of nitrogens with one attached hydrogen (secondary N) is 1. The first-order valence-electron chi connectivity index (χ1n) is 10.0. The number of aromatic amines is 1. The molecule has 0 radical (unpaired) electrons. The molecule has 0 bridgehead atoms. The van der Waals surface area contributed by atoms with Gasteiger partial charge in [0.2, 0.25) is 0 Å². The van der Waals surface area contributed by atoms with Crippen molar-refractivity contribution in [1.82, 2.24) is 20.2 Å². The van der Waals surface area contributed by atoms with Crippen LogP contribution in [0.3, 0.4) is 0 Å². The van der Waals surface area contributed by atoms with E-state index in [-0.39, 0.29) is 5.78 Å². The molecule has 1 aliphatic rings. The molecule has 2 aromatic heterocycles. The van der Waals surface area contributed by atoms with Gasteiger partial charge in [0, 0.05) is 54.6 Å². The Bertz CT molecular complexity index is 1180. The molecule has 7 heteroatoms. The summed E-state index contributed by atoms with van der Waals surface area (Å²) >= 11 is 0. The quantitative estimate of drug-likeness (QED) is 0.530. The monoisotopic (exact) mass is 398 g/mol. The van der Waals surface area contributed by atoms with Crippen molar-refractivity contribution in [2.45, 2.75) is 6.92 Å². The minimum atomic E-state index is 0.0943. The molecule has 0 atom stereocenters. The molecule has 1 fully saturated rings. The Morgan fingerprint density at radius 2 is 1.70 bits per heavy atom. The highest BCUT2D eigenvalue weighted by atomic mass is 16.1. The molecule has 1 saturated heterocycles. The first-order valence-corrected chi connectivity index (χ1v) is 10.0. The van der Waals surface area contributed by atoms with Crippen LogP contribution in [-0.4, -0.2) is 52.1 Å². The highest BCUT2D eigenvalue weighted by molar-refractivity contribution is 5.94. The Kier molecular flexibility index (Phi) is 4.63. The minimum Gasteiger partial charge on any atom is -0.368 e. The molecular weight excluding hydrogens is 376 g/mol. The van der Waals surface area contributed by atoms with Gasteiger partial charge < -0.3 is 9.80 Å². The normalized spacial score (nSPS) is 14.3. The van der Waals surface area contributed by atoms with Crippen LogP contribution < -0.4 is 9.80 Å². The fourth-order valence-corrected chi connectivity index (χ4v) is 3.97. The summed E-state index contributed by atoms with van der Waals surface area (Å²) in [6.45, 7) is 5.13. The summed E-state index contributed by atoms with van der Waals surface area (Å²) in [6, 6.07) is 14.1. The predicted octanol–water partition coefficient (Wildman–Crippen LogP) is 3.55. The third kappa shape index (κ3) is 3.39. The topological polar surface area (TPSA) is 78.0 Å². The zero-order chi connectivity index (χ0) is 20.5. The number of aromatic nitrogens is 4. The van der Waals surface area contributed by atoms with Crippen molar-refractivity contribution >= 4 is 28.2 Å². The van der Waals surface area contributed by atoms with Gasteiger partial charge in [0.05, 0.1) is 11.7 Å². The first kappa shape index (κ1) is 18.3. The number of Topliss-reactive ketones (excluding diaryl/α,β-unsaturated/α-hetero) is 1. The van der Waals surface area contributed by atoms with E-state index in [0.717, 1.165) is 65.3 Å². The summed E-state index contributed by atoms with van der Waals surface area (Å²) in [4.78, 5) is 25.2. The molecular formula is C23H22N6O. The van der Waals surface area contributed by atoms with Crippen LogP contribution in [0.5, 0.6) is 0 Å². The lowest BCUT2D eigenvalue weighted by Crippen LogP contribution is -2.46. The number of nitrogens with zero attached hydrogens (tertiary/aromatic N) is 5. The van der Waals surface area contributed by atoms with E-state index in [0.29, 0.717) is 0 Å².